The number of hydrogen-bond donors (Lipinski definition) is 1. The van der Waals surface area contributed by atoms with Crippen molar-refractivity contribution in [2.75, 3.05) is 19.1 Å². The maximum absolute atomic E-state index is 6.51. The molecule has 2 aromatic carbocycles. The van der Waals surface area contributed by atoms with Crippen LogP contribution in [0.3, 0.4) is 0 Å². The van der Waals surface area contributed by atoms with E-state index < -0.39 is 0 Å². The summed E-state index contributed by atoms with van der Waals surface area (Å²) in [6.45, 7) is 6.30. The van der Waals surface area contributed by atoms with Crippen LogP contribution in [0.1, 0.15) is 40.3 Å². The fourth-order valence-corrected chi connectivity index (χ4v) is 5.72. The Morgan fingerprint density at radius 1 is 0.946 bits per heavy atom. The molecule has 0 radical (unpaired) electrons. The summed E-state index contributed by atoms with van der Waals surface area (Å²) in [5, 5.41) is 4.87. The molecule has 0 amide bonds. The highest BCUT2D eigenvalue weighted by Gasteiger charge is 2.43. The molecule has 37 heavy (non-hydrogen) atoms. The Kier molecular flexibility index (Phi) is 6.84. The lowest BCUT2D eigenvalue weighted by Crippen LogP contribution is -2.30. The largest absolute Gasteiger partial charge is 0.497 e. The normalized spacial score (nSPS) is 17.1. The Morgan fingerprint density at radius 2 is 1.76 bits per heavy atom. The lowest BCUT2D eigenvalue weighted by Gasteiger charge is -2.29. The fraction of sp³-hybridized carbons (Fsp3) is 0.241. The van der Waals surface area contributed by atoms with E-state index in [4.69, 9.17) is 33.3 Å². The molecule has 0 aliphatic carbocycles. The fourth-order valence-electron chi connectivity index (χ4n) is 5.21. The second-order valence-corrected chi connectivity index (χ2v) is 9.87. The van der Waals surface area contributed by atoms with Gasteiger partial charge in [-0.05, 0) is 86.6 Å². The molecule has 3 heterocycles. The number of thiocarbonyl (C=S) groups is 1. The zero-order valence-corrected chi connectivity index (χ0v) is 23.0. The lowest BCUT2D eigenvalue weighted by molar-refractivity contribution is 0.403. The zero-order valence-electron chi connectivity index (χ0n) is 21.4. The van der Waals surface area contributed by atoms with Crippen molar-refractivity contribution >= 4 is 34.6 Å². The van der Waals surface area contributed by atoms with E-state index in [-0.39, 0.29) is 12.1 Å². The number of hydrogen-bond acceptors (Lipinski definition) is 4. The van der Waals surface area contributed by atoms with E-state index in [1.807, 2.05) is 61.7 Å². The summed E-state index contributed by atoms with van der Waals surface area (Å²) in [5.74, 6) is 1.43. The van der Waals surface area contributed by atoms with Gasteiger partial charge in [-0.25, -0.2) is 0 Å². The number of nitrogens with zero attached hydrogens (tertiary/aromatic N) is 3. The zero-order chi connectivity index (χ0) is 26.3. The van der Waals surface area contributed by atoms with Gasteiger partial charge in [-0.1, -0.05) is 23.7 Å². The van der Waals surface area contributed by atoms with Crippen LogP contribution in [0.2, 0.25) is 5.02 Å². The van der Waals surface area contributed by atoms with E-state index in [0.717, 1.165) is 50.4 Å². The highest BCUT2D eigenvalue weighted by Crippen LogP contribution is 2.47. The van der Waals surface area contributed by atoms with Crippen molar-refractivity contribution in [1.82, 2.24) is 14.9 Å². The number of benzene rings is 2. The molecule has 1 aliphatic heterocycles. The molecule has 2 aromatic heterocycles. The third-order valence-electron chi connectivity index (χ3n) is 7.01. The topological polar surface area (TPSA) is 51.6 Å². The van der Waals surface area contributed by atoms with Crippen LogP contribution in [-0.4, -0.2) is 28.9 Å². The molecule has 8 heteroatoms. The van der Waals surface area contributed by atoms with E-state index in [9.17, 15) is 0 Å². The minimum atomic E-state index is -0.192. The van der Waals surface area contributed by atoms with E-state index in [1.165, 1.54) is 0 Å². The molecule has 4 aromatic rings. The van der Waals surface area contributed by atoms with Gasteiger partial charge in [-0.2, -0.15) is 0 Å². The highest BCUT2D eigenvalue weighted by molar-refractivity contribution is 7.80. The molecule has 2 atom stereocenters. The Morgan fingerprint density at radius 3 is 2.46 bits per heavy atom. The van der Waals surface area contributed by atoms with E-state index >= 15 is 0 Å². The van der Waals surface area contributed by atoms with E-state index in [0.29, 0.717) is 10.9 Å². The monoisotopic (exact) mass is 532 g/mol. The van der Waals surface area contributed by atoms with Crippen molar-refractivity contribution in [2.24, 2.45) is 0 Å². The van der Waals surface area contributed by atoms with Gasteiger partial charge in [0.15, 0.2) is 5.11 Å². The first-order chi connectivity index (χ1) is 17.8. The molecule has 1 aliphatic rings. The number of halogens is 1. The third-order valence-corrected chi connectivity index (χ3v) is 7.74. The lowest BCUT2D eigenvalue weighted by atomic mass is 9.96. The first kappa shape index (κ1) is 25.1. The van der Waals surface area contributed by atoms with Crippen molar-refractivity contribution in [2.45, 2.75) is 32.9 Å². The Hall–Kier alpha value is -3.55. The van der Waals surface area contributed by atoms with Gasteiger partial charge in [0.1, 0.15) is 11.5 Å². The molecule has 1 N–H and O–H groups in total. The van der Waals surface area contributed by atoms with Crippen molar-refractivity contribution in [3.8, 4) is 17.2 Å². The van der Waals surface area contributed by atoms with Gasteiger partial charge in [0.05, 0.1) is 37.7 Å². The second kappa shape index (κ2) is 10.1. The van der Waals surface area contributed by atoms with Gasteiger partial charge < -0.3 is 24.3 Å². The van der Waals surface area contributed by atoms with E-state index in [2.05, 4.69) is 45.7 Å². The van der Waals surface area contributed by atoms with Crippen molar-refractivity contribution in [3.63, 3.8) is 0 Å². The van der Waals surface area contributed by atoms with Crippen LogP contribution >= 0.6 is 23.8 Å². The van der Waals surface area contributed by atoms with Gasteiger partial charge in [0.2, 0.25) is 0 Å². The van der Waals surface area contributed by atoms with Crippen LogP contribution in [0.25, 0.3) is 5.69 Å². The van der Waals surface area contributed by atoms with Gasteiger partial charge >= 0.3 is 0 Å². The number of rotatable bonds is 6. The molecule has 1 fully saturated rings. The number of ether oxygens (including phenoxy) is 2. The molecule has 0 bridgehead atoms. The van der Waals surface area contributed by atoms with Gasteiger partial charge in [0.25, 0.3) is 0 Å². The average molecular weight is 533 g/mol. The predicted octanol–water partition coefficient (Wildman–Crippen LogP) is 6.65. The maximum Gasteiger partial charge on any atom is 0.174 e. The van der Waals surface area contributed by atoms with Gasteiger partial charge in [-0.3, -0.25) is 4.98 Å². The number of aryl methyl sites for hydroxylation is 1. The summed E-state index contributed by atoms with van der Waals surface area (Å²) in [6, 6.07) is 19.5. The molecule has 0 saturated carbocycles. The van der Waals surface area contributed by atoms with Crippen LogP contribution < -0.4 is 19.7 Å². The van der Waals surface area contributed by atoms with Crippen LogP contribution in [0, 0.1) is 20.8 Å². The Balaban J connectivity index is 1.73. The van der Waals surface area contributed by atoms with Crippen molar-refractivity contribution < 1.29 is 9.47 Å². The Bertz CT molecular complexity index is 1470. The van der Waals surface area contributed by atoms with Crippen LogP contribution in [-0.2, 0) is 0 Å². The third kappa shape index (κ3) is 4.32. The van der Waals surface area contributed by atoms with Crippen LogP contribution in [0.4, 0.5) is 5.69 Å². The summed E-state index contributed by atoms with van der Waals surface area (Å²) >= 11 is 12.5. The molecule has 6 nitrogen and oxygen atoms in total. The molecule has 1 saturated heterocycles. The number of anilines is 1. The van der Waals surface area contributed by atoms with Crippen LogP contribution in [0.15, 0.2) is 66.9 Å². The number of nitrogens with one attached hydrogen (secondary N) is 1. The van der Waals surface area contributed by atoms with Gasteiger partial charge in [-0.15, -0.1) is 0 Å². The SMILES string of the molecule is COc1ccc(OC)c(N2C(=S)N[C@@H](c3ccccn3)[C@@H]2c2cc(C)n(-c3cccc(Cl)c3C)c2C)c1. The minimum absolute atomic E-state index is 0.181. The summed E-state index contributed by atoms with van der Waals surface area (Å²) in [4.78, 5) is 6.81. The minimum Gasteiger partial charge on any atom is -0.497 e. The molecule has 5 rings (SSSR count). The van der Waals surface area contributed by atoms with Crippen LogP contribution in [0.5, 0.6) is 11.5 Å². The average Bonchev–Trinajstić information content (AvgIpc) is 3.40. The molecular formula is C29H29ClN4O2S. The predicted molar refractivity (Wildman–Crippen MR) is 152 cm³/mol. The number of pyridine rings is 1. The number of methoxy groups -OCH3 is 2. The first-order valence-corrected chi connectivity index (χ1v) is 12.8. The summed E-state index contributed by atoms with van der Waals surface area (Å²) in [7, 11) is 3.32. The van der Waals surface area contributed by atoms with Crippen molar-refractivity contribution in [1.29, 1.82) is 0 Å². The molecule has 190 valence electrons. The molecule has 0 unspecified atom stereocenters. The smallest absolute Gasteiger partial charge is 0.174 e. The molecular weight excluding hydrogens is 504 g/mol. The Labute approximate surface area is 227 Å². The maximum atomic E-state index is 6.51. The first-order valence-electron chi connectivity index (χ1n) is 12.0. The van der Waals surface area contributed by atoms with Gasteiger partial charge in [0, 0.05) is 34.4 Å². The second-order valence-electron chi connectivity index (χ2n) is 9.08. The standard InChI is InChI=1S/C29H29ClN4O2S/c1-17-15-21(19(3)33(17)24-11-8-9-22(30)18(24)2)28-27(23-10-6-7-14-31-23)32-29(37)34(28)25-16-20(35-4)12-13-26(25)36-5/h6-16,27-28H,1-5H3,(H,32,37)/t27-,28-/m0/s1. The summed E-state index contributed by atoms with van der Waals surface area (Å²) < 4.78 is 13.6. The summed E-state index contributed by atoms with van der Waals surface area (Å²) in [5.41, 5.74) is 7.16. The molecule has 0 spiro atoms. The van der Waals surface area contributed by atoms with E-state index in [1.54, 1.807) is 14.2 Å². The number of aromatic nitrogens is 2. The quantitative estimate of drug-likeness (QED) is 0.281. The van der Waals surface area contributed by atoms with Crippen molar-refractivity contribution in [3.05, 3.63) is 100 Å². The summed E-state index contributed by atoms with van der Waals surface area (Å²) in [6.07, 6.45) is 1.81. The highest BCUT2D eigenvalue weighted by atomic mass is 35.5.